The van der Waals surface area contributed by atoms with E-state index in [-0.39, 0.29) is 12.0 Å². The Kier molecular flexibility index (Phi) is 3.40. The van der Waals surface area contributed by atoms with Gasteiger partial charge in [0.25, 0.3) is 0 Å². The van der Waals surface area contributed by atoms with Crippen molar-refractivity contribution in [3.63, 3.8) is 0 Å². The predicted octanol–water partition coefficient (Wildman–Crippen LogP) is 1.96. The van der Waals surface area contributed by atoms with Crippen molar-refractivity contribution >= 4 is 0 Å². The molecule has 1 aromatic carbocycles. The van der Waals surface area contributed by atoms with Crippen LogP contribution in [0.2, 0.25) is 0 Å². The molecule has 0 spiro atoms. The van der Waals surface area contributed by atoms with E-state index in [0.29, 0.717) is 13.2 Å². The molecule has 0 saturated carbocycles. The third-order valence-electron chi connectivity index (χ3n) is 3.54. The minimum Gasteiger partial charge on any atom is -0.496 e. The van der Waals surface area contributed by atoms with Crippen LogP contribution in [0.5, 0.6) is 5.75 Å². The number of ether oxygens (including phenoxy) is 2. The van der Waals surface area contributed by atoms with E-state index < -0.39 is 0 Å². The van der Waals surface area contributed by atoms with Crippen LogP contribution in [0.1, 0.15) is 23.1 Å². The molecule has 1 aliphatic rings. The minimum atomic E-state index is -0.0587. The zero-order valence-corrected chi connectivity index (χ0v) is 10.7. The smallest absolute Gasteiger partial charge is 0.125 e. The van der Waals surface area contributed by atoms with Crippen LogP contribution in [-0.4, -0.2) is 32.0 Å². The van der Waals surface area contributed by atoms with Crippen LogP contribution in [0, 0.1) is 13.8 Å². The maximum Gasteiger partial charge on any atom is 0.125 e. The number of aliphatic hydroxyl groups is 1. The van der Waals surface area contributed by atoms with Crippen LogP contribution >= 0.6 is 0 Å². The summed E-state index contributed by atoms with van der Waals surface area (Å²) in [6, 6.07) is 4.28. The number of aryl methyl sites for hydroxylation is 2. The molecule has 0 radical (unpaired) electrons. The molecule has 1 aliphatic heterocycles. The summed E-state index contributed by atoms with van der Waals surface area (Å²) in [6.45, 7) is 5.67. The average Bonchev–Trinajstić information content (AvgIpc) is 2.22. The number of hydrogen-bond acceptors (Lipinski definition) is 3. The number of hydrogen-bond donors (Lipinski definition) is 1. The van der Waals surface area contributed by atoms with Crippen LogP contribution in [0.15, 0.2) is 12.1 Å². The molecule has 0 atom stereocenters. The molecule has 1 aromatic rings. The van der Waals surface area contributed by atoms with Crippen molar-refractivity contribution in [3.8, 4) is 5.75 Å². The van der Waals surface area contributed by atoms with E-state index in [4.69, 9.17) is 9.47 Å². The summed E-state index contributed by atoms with van der Waals surface area (Å²) in [5, 5.41) is 9.23. The van der Waals surface area contributed by atoms with Gasteiger partial charge < -0.3 is 14.6 Å². The van der Waals surface area contributed by atoms with Crippen molar-refractivity contribution in [2.24, 2.45) is 0 Å². The Balaban J connectivity index is 2.49. The largest absolute Gasteiger partial charge is 0.496 e. The van der Waals surface area contributed by atoms with Crippen molar-refractivity contribution in [2.75, 3.05) is 26.9 Å². The molecular formula is C14H20O3. The molecule has 1 saturated heterocycles. The number of methoxy groups -OCH3 is 1. The van der Waals surface area contributed by atoms with Gasteiger partial charge in [0.1, 0.15) is 5.75 Å². The van der Waals surface area contributed by atoms with Gasteiger partial charge in [-0.25, -0.2) is 0 Å². The zero-order chi connectivity index (χ0) is 12.5. The predicted molar refractivity (Wildman–Crippen MR) is 66.7 cm³/mol. The van der Waals surface area contributed by atoms with Gasteiger partial charge in [-0.2, -0.15) is 0 Å². The van der Waals surface area contributed by atoms with Gasteiger partial charge in [-0.3, -0.25) is 0 Å². The molecule has 17 heavy (non-hydrogen) atoms. The van der Waals surface area contributed by atoms with E-state index in [1.807, 2.05) is 0 Å². The molecule has 3 nitrogen and oxygen atoms in total. The Morgan fingerprint density at radius 3 is 2.53 bits per heavy atom. The highest BCUT2D eigenvalue weighted by Gasteiger charge is 2.42. The average molecular weight is 236 g/mol. The lowest BCUT2D eigenvalue weighted by Gasteiger charge is -2.42. The number of benzene rings is 1. The third kappa shape index (κ3) is 2.05. The second kappa shape index (κ2) is 4.67. The van der Waals surface area contributed by atoms with Gasteiger partial charge in [-0.05, 0) is 25.8 Å². The Morgan fingerprint density at radius 1 is 1.35 bits per heavy atom. The highest BCUT2D eigenvalue weighted by atomic mass is 16.5. The lowest BCUT2D eigenvalue weighted by molar-refractivity contribution is -0.0710. The summed E-state index contributed by atoms with van der Waals surface area (Å²) in [7, 11) is 1.70. The Morgan fingerprint density at radius 2 is 2.06 bits per heavy atom. The molecule has 94 valence electrons. The van der Waals surface area contributed by atoms with E-state index in [0.717, 1.165) is 17.7 Å². The van der Waals surface area contributed by atoms with E-state index in [2.05, 4.69) is 26.0 Å². The zero-order valence-electron chi connectivity index (χ0n) is 10.7. The standard InChI is InChI=1S/C14H20O3/c1-10-6-11(2)13(16-3)12(7-10)14(4-5-15)8-17-9-14/h6-7,15H,4-5,8-9H2,1-3H3. The first kappa shape index (κ1) is 12.4. The highest BCUT2D eigenvalue weighted by Crippen LogP contribution is 2.42. The SMILES string of the molecule is COc1c(C)cc(C)cc1C1(CCO)COC1. The van der Waals surface area contributed by atoms with Crippen molar-refractivity contribution in [1.82, 2.24) is 0 Å². The van der Waals surface area contributed by atoms with Gasteiger partial charge in [-0.1, -0.05) is 17.7 Å². The van der Waals surface area contributed by atoms with Gasteiger partial charge in [0.15, 0.2) is 0 Å². The lowest BCUT2D eigenvalue weighted by Crippen LogP contribution is -2.47. The molecule has 0 aliphatic carbocycles. The molecule has 0 aromatic heterocycles. The van der Waals surface area contributed by atoms with Crippen LogP contribution in [0.3, 0.4) is 0 Å². The monoisotopic (exact) mass is 236 g/mol. The van der Waals surface area contributed by atoms with Crippen molar-refractivity contribution in [2.45, 2.75) is 25.7 Å². The van der Waals surface area contributed by atoms with Gasteiger partial charge in [0, 0.05) is 17.6 Å². The Labute approximate surface area is 102 Å². The van der Waals surface area contributed by atoms with Crippen molar-refractivity contribution in [1.29, 1.82) is 0 Å². The third-order valence-corrected chi connectivity index (χ3v) is 3.54. The van der Waals surface area contributed by atoms with E-state index >= 15 is 0 Å². The second-order valence-electron chi connectivity index (χ2n) is 4.91. The van der Waals surface area contributed by atoms with Crippen LogP contribution < -0.4 is 4.74 Å². The molecular weight excluding hydrogens is 216 g/mol. The summed E-state index contributed by atoms with van der Waals surface area (Å²) in [5.74, 6) is 0.937. The summed E-state index contributed by atoms with van der Waals surface area (Å²) < 4.78 is 10.9. The highest BCUT2D eigenvalue weighted by molar-refractivity contribution is 5.49. The normalized spacial score (nSPS) is 17.6. The maximum atomic E-state index is 9.23. The van der Waals surface area contributed by atoms with Gasteiger partial charge >= 0.3 is 0 Å². The molecule has 2 rings (SSSR count). The van der Waals surface area contributed by atoms with E-state index in [1.165, 1.54) is 11.1 Å². The molecule has 3 heteroatoms. The van der Waals surface area contributed by atoms with E-state index in [9.17, 15) is 5.11 Å². The molecule has 0 bridgehead atoms. The molecule has 1 N–H and O–H groups in total. The quantitative estimate of drug-likeness (QED) is 0.868. The Bertz CT molecular complexity index is 408. The first-order valence-electron chi connectivity index (χ1n) is 5.97. The van der Waals surface area contributed by atoms with Crippen molar-refractivity contribution in [3.05, 3.63) is 28.8 Å². The first-order valence-corrected chi connectivity index (χ1v) is 5.97. The molecule has 0 unspecified atom stereocenters. The van der Waals surface area contributed by atoms with Crippen LogP contribution in [-0.2, 0) is 10.2 Å². The summed E-state index contributed by atoms with van der Waals surface area (Å²) >= 11 is 0. The minimum absolute atomic E-state index is 0.0587. The maximum absolute atomic E-state index is 9.23. The fraction of sp³-hybridized carbons (Fsp3) is 0.571. The summed E-state index contributed by atoms with van der Waals surface area (Å²) in [6.07, 6.45) is 0.728. The molecule has 0 amide bonds. The summed E-state index contributed by atoms with van der Waals surface area (Å²) in [4.78, 5) is 0. The second-order valence-corrected chi connectivity index (χ2v) is 4.91. The Hall–Kier alpha value is -1.06. The lowest BCUT2D eigenvalue weighted by atomic mass is 9.74. The van der Waals surface area contributed by atoms with Gasteiger partial charge in [0.05, 0.1) is 20.3 Å². The molecule has 1 heterocycles. The van der Waals surface area contributed by atoms with Gasteiger partial charge in [-0.15, -0.1) is 0 Å². The fourth-order valence-electron chi connectivity index (χ4n) is 2.62. The van der Waals surface area contributed by atoms with Crippen LogP contribution in [0.25, 0.3) is 0 Å². The first-order chi connectivity index (χ1) is 8.13. The number of aliphatic hydroxyl groups excluding tert-OH is 1. The van der Waals surface area contributed by atoms with Crippen LogP contribution in [0.4, 0.5) is 0 Å². The van der Waals surface area contributed by atoms with Crippen molar-refractivity contribution < 1.29 is 14.6 Å². The van der Waals surface area contributed by atoms with E-state index in [1.54, 1.807) is 7.11 Å². The summed E-state index contributed by atoms with van der Waals surface area (Å²) in [5.41, 5.74) is 3.49. The topological polar surface area (TPSA) is 38.7 Å². The number of rotatable bonds is 4. The van der Waals surface area contributed by atoms with Gasteiger partial charge in [0.2, 0.25) is 0 Å². The molecule has 1 fully saturated rings. The fourth-order valence-corrected chi connectivity index (χ4v) is 2.62.